The van der Waals surface area contributed by atoms with Crippen molar-refractivity contribution in [2.24, 2.45) is 5.41 Å². The SMILES string of the molecule is C=Cc1c(/C=C\C)c2ccccc2n1-c1ccccc1C1C=C(c2cccc(N3c4ccc(C#N)cc4C4(C)CCC=CC34)c2)C=C(C#N)C1(C)C#N. The van der Waals surface area contributed by atoms with E-state index in [1.165, 1.54) is 5.56 Å². The van der Waals surface area contributed by atoms with E-state index in [0.717, 1.165) is 68.8 Å². The van der Waals surface area contributed by atoms with Crippen LogP contribution >= 0.6 is 0 Å². The second kappa shape index (κ2) is 12.9. The first-order chi connectivity index (χ1) is 25.8. The fourth-order valence-corrected chi connectivity index (χ4v) is 8.96. The molecule has 5 heteroatoms. The number of hydrogen-bond acceptors (Lipinski definition) is 4. The summed E-state index contributed by atoms with van der Waals surface area (Å²) in [6, 6.07) is 38.6. The molecule has 4 unspecified atom stereocenters. The number of nitriles is 3. The summed E-state index contributed by atoms with van der Waals surface area (Å²) in [6.45, 7) is 10.4. The van der Waals surface area contributed by atoms with Crippen LogP contribution in [0, 0.1) is 39.4 Å². The zero-order valence-electron chi connectivity index (χ0n) is 30.2. The normalized spacial score (nSPS) is 23.1. The molecule has 0 saturated carbocycles. The summed E-state index contributed by atoms with van der Waals surface area (Å²) >= 11 is 0. The lowest BCUT2D eigenvalue weighted by atomic mass is 9.65. The van der Waals surface area contributed by atoms with Crippen LogP contribution in [0.2, 0.25) is 0 Å². The van der Waals surface area contributed by atoms with E-state index >= 15 is 0 Å². The smallest absolute Gasteiger partial charge is 0.0997 e. The van der Waals surface area contributed by atoms with Crippen LogP contribution in [0.25, 0.3) is 34.3 Å². The van der Waals surface area contributed by atoms with Gasteiger partial charge in [0.2, 0.25) is 0 Å². The van der Waals surface area contributed by atoms with Gasteiger partial charge in [0.05, 0.1) is 57.7 Å². The average molecular weight is 686 g/mol. The van der Waals surface area contributed by atoms with Crippen LogP contribution in [0.3, 0.4) is 0 Å². The Balaban J connectivity index is 1.30. The van der Waals surface area contributed by atoms with Gasteiger partial charge in [-0.15, -0.1) is 0 Å². The molecule has 2 aliphatic carbocycles. The Hall–Kier alpha value is -6.61. The maximum absolute atomic E-state index is 10.9. The minimum atomic E-state index is -1.11. The van der Waals surface area contributed by atoms with Crippen molar-refractivity contribution in [2.45, 2.75) is 51.0 Å². The maximum Gasteiger partial charge on any atom is 0.0997 e. The predicted molar refractivity (Wildman–Crippen MR) is 215 cm³/mol. The van der Waals surface area contributed by atoms with Gasteiger partial charge >= 0.3 is 0 Å². The number of fused-ring (bicyclic) bond motifs is 4. The zero-order chi connectivity index (χ0) is 36.9. The highest BCUT2D eigenvalue weighted by Crippen LogP contribution is 2.54. The minimum absolute atomic E-state index is 0.102. The summed E-state index contributed by atoms with van der Waals surface area (Å²) in [5.74, 6) is -0.438. The highest BCUT2D eigenvalue weighted by atomic mass is 15.2. The van der Waals surface area contributed by atoms with E-state index in [9.17, 15) is 15.8 Å². The lowest BCUT2D eigenvalue weighted by Gasteiger charge is -2.37. The molecule has 5 aromatic rings. The number of benzene rings is 4. The quantitative estimate of drug-likeness (QED) is 0.167. The third kappa shape index (κ3) is 5.03. The second-order valence-corrected chi connectivity index (χ2v) is 14.6. The molecule has 53 heavy (non-hydrogen) atoms. The number of anilines is 2. The van der Waals surface area contributed by atoms with Gasteiger partial charge in [-0.3, -0.25) is 0 Å². The molecule has 256 valence electrons. The molecule has 0 saturated heterocycles. The Labute approximate surface area is 311 Å². The molecular weight excluding hydrogens is 647 g/mol. The van der Waals surface area contributed by atoms with E-state index in [4.69, 9.17) is 0 Å². The third-order valence-electron chi connectivity index (χ3n) is 11.7. The van der Waals surface area contributed by atoms with Crippen LogP contribution in [0.1, 0.15) is 73.0 Å². The Morgan fingerprint density at radius 2 is 1.70 bits per heavy atom. The van der Waals surface area contributed by atoms with Crippen molar-refractivity contribution in [3.8, 4) is 23.9 Å². The number of para-hydroxylation sites is 2. The van der Waals surface area contributed by atoms with E-state index in [2.05, 4.69) is 132 Å². The molecule has 4 aromatic carbocycles. The maximum atomic E-state index is 10.9. The van der Waals surface area contributed by atoms with E-state index < -0.39 is 11.3 Å². The van der Waals surface area contributed by atoms with Crippen LogP contribution in [-0.2, 0) is 5.41 Å². The second-order valence-electron chi connectivity index (χ2n) is 14.6. The van der Waals surface area contributed by atoms with Crippen molar-refractivity contribution in [3.05, 3.63) is 167 Å². The van der Waals surface area contributed by atoms with Gasteiger partial charge in [-0.25, -0.2) is 0 Å². The number of allylic oxidation sites excluding steroid dienone is 6. The van der Waals surface area contributed by atoms with Gasteiger partial charge in [-0.2, -0.15) is 15.8 Å². The van der Waals surface area contributed by atoms with E-state index in [0.29, 0.717) is 11.1 Å². The van der Waals surface area contributed by atoms with Gasteiger partial charge in [0.25, 0.3) is 0 Å². The molecule has 0 radical (unpaired) electrons. The number of aromatic nitrogens is 1. The minimum Gasteiger partial charge on any atom is -0.333 e. The Bertz CT molecular complexity index is 2590. The van der Waals surface area contributed by atoms with Crippen molar-refractivity contribution < 1.29 is 0 Å². The first kappa shape index (κ1) is 33.5. The molecule has 1 aliphatic heterocycles. The number of hydrogen-bond donors (Lipinski definition) is 0. The van der Waals surface area contributed by atoms with Crippen LogP contribution in [0.5, 0.6) is 0 Å². The molecular formula is C48H39N5. The monoisotopic (exact) mass is 685 g/mol. The van der Waals surface area contributed by atoms with E-state index in [1.54, 1.807) is 0 Å². The van der Waals surface area contributed by atoms with E-state index in [1.807, 2.05) is 56.3 Å². The summed E-state index contributed by atoms with van der Waals surface area (Å²) < 4.78 is 2.24. The lowest BCUT2D eigenvalue weighted by molar-refractivity contribution is 0.401. The van der Waals surface area contributed by atoms with Gasteiger partial charge in [-0.1, -0.05) is 92.4 Å². The fraction of sp³-hybridized carbons (Fsp3) is 0.188. The molecule has 5 nitrogen and oxygen atoms in total. The third-order valence-corrected chi connectivity index (χ3v) is 11.7. The highest BCUT2D eigenvalue weighted by molar-refractivity contribution is 5.95. The zero-order valence-corrected chi connectivity index (χ0v) is 30.2. The van der Waals surface area contributed by atoms with Crippen LogP contribution < -0.4 is 4.90 Å². The van der Waals surface area contributed by atoms with E-state index in [-0.39, 0.29) is 11.5 Å². The summed E-state index contributed by atoms with van der Waals surface area (Å²) in [6.07, 6.45) is 16.7. The molecule has 0 spiro atoms. The summed E-state index contributed by atoms with van der Waals surface area (Å²) in [5.41, 5.74) is 10.1. The van der Waals surface area contributed by atoms with Crippen LogP contribution in [0.15, 0.2) is 134 Å². The van der Waals surface area contributed by atoms with Gasteiger partial charge in [0.1, 0.15) is 0 Å². The summed E-state index contributed by atoms with van der Waals surface area (Å²) in [5, 5.41) is 32.4. The number of nitrogens with zero attached hydrogens (tertiary/aromatic N) is 5. The molecule has 0 amide bonds. The highest BCUT2D eigenvalue weighted by Gasteiger charge is 2.48. The van der Waals surface area contributed by atoms with Gasteiger partial charge in [0.15, 0.2) is 0 Å². The predicted octanol–water partition coefficient (Wildman–Crippen LogP) is 11.5. The standard InChI is InChI=1S/C48H39N5/c1-5-14-37-38-17-7-9-19-43(38)53(42(37)6-2)44-20-10-8-18-39(44)40-28-34(26-35(30-50)48(40,4)31-51)33-15-13-16-36(27-33)52-45-23-22-32(29-49)25-41(45)47(3)24-12-11-21-46(47)52/h5-11,13-23,25-28,40,46H,2,12,24H2,1,3-4H3/b14-5-. The topological polar surface area (TPSA) is 79.5 Å². The lowest BCUT2D eigenvalue weighted by Crippen LogP contribution is -2.41. The molecule has 2 heterocycles. The molecule has 3 aliphatic rings. The summed E-state index contributed by atoms with van der Waals surface area (Å²) in [7, 11) is 0. The van der Waals surface area contributed by atoms with Crippen LogP contribution in [0.4, 0.5) is 11.4 Å². The molecule has 1 aromatic heterocycles. The van der Waals surface area contributed by atoms with Crippen molar-refractivity contribution in [1.29, 1.82) is 15.8 Å². The van der Waals surface area contributed by atoms with Crippen molar-refractivity contribution in [2.75, 3.05) is 4.90 Å². The Kier molecular flexibility index (Phi) is 8.14. The molecule has 0 fully saturated rings. The van der Waals surface area contributed by atoms with Gasteiger partial charge in [-0.05, 0) is 104 Å². The van der Waals surface area contributed by atoms with Crippen molar-refractivity contribution >= 4 is 40.0 Å². The van der Waals surface area contributed by atoms with Gasteiger partial charge < -0.3 is 9.47 Å². The average Bonchev–Trinajstić information content (AvgIpc) is 3.66. The fourth-order valence-electron chi connectivity index (χ4n) is 8.96. The van der Waals surface area contributed by atoms with Crippen molar-refractivity contribution in [3.63, 3.8) is 0 Å². The van der Waals surface area contributed by atoms with Crippen molar-refractivity contribution in [1.82, 2.24) is 4.57 Å². The molecule has 0 bridgehead atoms. The van der Waals surface area contributed by atoms with Crippen LogP contribution in [-0.4, -0.2) is 10.6 Å². The molecule has 0 N–H and O–H groups in total. The molecule has 8 rings (SSSR count). The number of rotatable bonds is 6. The first-order valence-electron chi connectivity index (χ1n) is 18.2. The molecule has 4 atom stereocenters. The Morgan fingerprint density at radius 3 is 2.47 bits per heavy atom. The first-order valence-corrected chi connectivity index (χ1v) is 18.2. The summed E-state index contributed by atoms with van der Waals surface area (Å²) in [4.78, 5) is 2.40. The Morgan fingerprint density at radius 1 is 0.887 bits per heavy atom. The van der Waals surface area contributed by atoms with Gasteiger partial charge in [0, 0.05) is 33.7 Å². The largest absolute Gasteiger partial charge is 0.333 e.